The molecule has 1 aromatic carbocycles. The van der Waals surface area contributed by atoms with Crippen molar-refractivity contribution in [2.45, 2.75) is 45.6 Å². The highest BCUT2D eigenvalue weighted by Crippen LogP contribution is 2.35. The van der Waals surface area contributed by atoms with Gasteiger partial charge in [0, 0.05) is 19.0 Å². The van der Waals surface area contributed by atoms with Crippen LogP contribution in [-0.2, 0) is 19.1 Å². The second-order valence-corrected chi connectivity index (χ2v) is 7.92. The van der Waals surface area contributed by atoms with Crippen molar-refractivity contribution < 1.29 is 23.5 Å². The first-order valence-electron chi connectivity index (χ1n) is 9.87. The Kier molecular flexibility index (Phi) is 6.31. The second-order valence-electron chi connectivity index (χ2n) is 7.92. The molecule has 7 heteroatoms. The topological polar surface area (TPSA) is 75.7 Å². The molecular weight excluding hydrogens is 363 g/mol. The van der Waals surface area contributed by atoms with Crippen molar-refractivity contribution in [3.63, 3.8) is 0 Å². The largest absolute Gasteiger partial charge is 0.455 e. The fourth-order valence-electron chi connectivity index (χ4n) is 4.21. The van der Waals surface area contributed by atoms with Crippen LogP contribution in [0.2, 0.25) is 0 Å². The van der Waals surface area contributed by atoms with Crippen LogP contribution in [-0.4, -0.2) is 41.9 Å². The molecule has 1 heterocycles. The van der Waals surface area contributed by atoms with Crippen molar-refractivity contribution in [2.75, 3.05) is 18.5 Å². The second kappa shape index (κ2) is 8.71. The van der Waals surface area contributed by atoms with Crippen molar-refractivity contribution in [1.29, 1.82) is 0 Å². The van der Waals surface area contributed by atoms with Gasteiger partial charge in [-0.1, -0.05) is 38.8 Å². The van der Waals surface area contributed by atoms with E-state index < -0.39 is 30.2 Å². The summed E-state index contributed by atoms with van der Waals surface area (Å²) in [7, 11) is 0. The number of rotatable bonds is 5. The summed E-state index contributed by atoms with van der Waals surface area (Å²) < 4.78 is 18.6. The molecule has 1 aliphatic carbocycles. The SMILES string of the molecule is C[C@H]1[C@H](N2C[C@H](C(=O)OCC(=O)Nc3ccccc3F)CC2=O)CCC[C@@H]1C. The third-order valence-corrected chi connectivity index (χ3v) is 6.05. The standard InChI is InChI=1S/C21H27FN2O4/c1-13-6-5-9-18(14(13)2)24-11-15(10-20(24)26)21(27)28-12-19(25)23-17-8-4-3-7-16(17)22/h3-4,7-8,13-15,18H,5-6,9-12H2,1-2H3,(H,23,25)/t13-,14+,15+,18+/m0/s1. The van der Waals surface area contributed by atoms with Gasteiger partial charge in [0.15, 0.2) is 6.61 Å². The molecule has 0 spiro atoms. The Balaban J connectivity index is 1.50. The number of hydrogen-bond acceptors (Lipinski definition) is 4. The number of para-hydroxylation sites is 1. The summed E-state index contributed by atoms with van der Waals surface area (Å²) in [6.07, 6.45) is 3.34. The number of likely N-dealkylation sites (tertiary alicyclic amines) is 1. The van der Waals surface area contributed by atoms with Crippen LogP contribution in [0.25, 0.3) is 0 Å². The molecular formula is C21H27FN2O4. The lowest BCUT2D eigenvalue weighted by atomic mass is 9.77. The van der Waals surface area contributed by atoms with Gasteiger partial charge in [0.2, 0.25) is 5.91 Å². The number of benzene rings is 1. The average molecular weight is 390 g/mol. The normalized spacial score (nSPS) is 27.5. The van der Waals surface area contributed by atoms with Gasteiger partial charge in [-0.15, -0.1) is 0 Å². The molecule has 0 aromatic heterocycles. The maximum atomic E-state index is 13.6. The number of anilines is 1. The molecule has 4 atom stereocenters. The summed E-state index contributed by atoms with van der Waals surface area (Å²) >= 11 is 0. The minimum Gasteiger partial charge on any atom is -0.455 e. The zero-order valence-corrected chi connectivity index (χ0v) is 16.3. The van der Waals surface area contributed by atoms with E-state index in [1.165, 1.54) is 24.6 Å². The molecule has 2 amide bonds. The van der Waals surface area contributed by atoms with Crippen molar-refractivity contribution in [3.05, 3.63) is 30.1 Å². The molecule has 3 rings (SSSR count). The molecule has 1 aliphatic heterocycles. The van der Waals surface area contributed by atoms with Crippen LogP contribution in [0.1, 0.15) is 39.5 Å². The third-order valence-electron chi connectivity index (χ3n) is 6.05. The molecule has 2 fully saturated rings. The highest BCUT2D eigenvalue weighted by atomic mass is 19.1. The van der Waals surface area contributed by atoms with Gasteiger partial charge < -0.3 is 15.0 Å². The van der Waals surface area contributed by atoms with Crippen LogP contribution in [0.3, 0.4) is 0 Å². The number of hydrogen-bond donors (Lipinski definition) is 1. The van der Waals surface area contributed by atoms with Crippen molar-refractivity contribution in [3.8, 4) is 0 Å². The molecule has 152 valence electrons. The van der Waals surface area contributed by atoms with Crippen molar-refractivity contribution in [1.82, 2.24) is 4.90 Å². The van der Waals surface area contributed by atoms with E-state index >= 15 is 0 Å². The predicted octanol–water partition coefficient (Wildman–Crippen LogP) is 2.98. The monoisotopic (exact) mass is 390 g/mol. The van der Waals surface area contributed by atoms with Crippen molar-refractivity contribution in [2.24, 2.45) is 17.8 Å². The molecule has 1 N–H and O–H groups in total. The van der Waals surface area contributed by atoms with Crippen LogP contribution in [0.5, 0.6) is 0 Å². The Labute approximate surface area is 164 Å². The molecule has 2 aliphatic rings. The maximum Gasteiger partial charge on any atom is 0.311 e. The summed E-state index contributed by atoms with van der Waals surface area (Å²) in [5, 5.41) is 2.37. The number of amides is 2. The van der Waals surface area contributed by atoms with E-state index in [9.17, 15) is 18.8 Å². The summed E-state index contributed by atoms with van der Waals surface area (Å²) in [4.78, 5) is 38.5. The Morgan fingerprint density at radius 2 is 2.00 bits per heavy atom. The number of nitrogens with zero attached hydrogens (tertiary/aromatic N) is 1. The van der Waals surface area contributed by atoms with E-state index in [1.54, 1.807) is 6.07 Å². The summed E-state index contributed by atoms with van der Waals surface area (Å²) in [6, 6.07) is 5.93. The zero-order valence-electron chi connectivity index (χ0n) is 16.3. The summed E-state index contributed by atoms with van der Waals surface area (Å²) in [5.74, 6) is -1.36. The van der Waals surface area contributed by atoms with Crippen LogP contribution < -0.4 is 5.32 Å². The van der Waals surface area contributed by atoms with Gasteiger partial charge in [-0.25, -0.2) is 4.39 Å². The van der Waals surface area contributed by atoms with E-state index in [0.29, 0.717) is 18.4 Å². The Morgan fingerprint density at radius 3 is 2.75 bits per heavy atom. The Bertz CT molecular complexity index is 754. The number of carbonyl (C=O) groups excluding carboxylic acids is 3. The quantitative estimate of drug-likeness (QED) is 0.785. The highest BCUT2D eigenvalue weighted by Gasteiger charge is 2.42. The minimum atomic E-state index is -0.616. The predicted molar refractivity (Wildman–Crippen MR) is 102 cm³/mol. The number of carbonyl (C=O) groups is 3. The van der Waals surface area contributed by atoms with Gasteiger partial charge >= 0.3 is 5.97 Å². The first kappa shape index (κ1) is 20.3. The van der Waals surface area contributed by atoms with Crippen LogP contribution >= 0.6 is 0 Å². The van der Waals surface area contributed by atoms with Gasteiger partial charge in [0.1, 0.15) is 5.82 Å². The van der Waals surface area contributed by atoms with Crippen LogP contribution in [0, 0.1) is 23.6 Å². The molecule has 0 radical (unpaired) electrons. The fourth-order valence-corrected chi connectivity index (χ4v) is 4.21. The van der Waals surface area contributed by atoms with Crippen LogP contribution in [0.15, 0.2) is 24.3 Å². The average Bonchev–Trinajstić information content (AvgIpc) is 3.05. The molecule has 0 bridgehead atoms. The number of halogens is 1. The van der Waals surface area contributed by atoms with Gasteiger partial charge in [0.05, 0.1) is 11.6 Å². The molecule has 1 aromatic rings. The fraction of sp³-hybridized carbons (Fsp3) is 0.571. The van der Waals surface area contributed by atoms with E-state index in [-0.39, 0.29) is 24.1 Å². The van der Waals surface area contributed by atoms with Gasteiger partial charge in [-0.2, -0.15) is 0 Å². The molecule has 1 saturated heterocycles. The first-order valence-corrected chi connectivity index (χ1v) is 9.87. The van der Waals surface area contributed by atoms with Crippen molar-refractivity contribution >= 4 is 23.5 Å². The molecule has 1 saturated carbocycles. The van der Waals surface area contributed by atoms with E-state index in [4.69, 9.17) is 4.74 Å². The molecule has 0 unspecified atom stereocenters. The van der Waals surface area contributed by atoms with E-state index in [0.717, 1.165) is 12.8 Å². The molecule has 28 heavy (non-hydrogen) atoms. The van der Waals surface area contributed by atoms with E-state index in [1.807, 2.05) is 4.90 Å². The minimum absolute atomic E-state index is 0.0243. The lowest BCUT2D eigenvalue weighted by Gasteiger charge is -2.39. The third kappa shape index (κ3) is 4.51. The Morgan fingerprint density at radius 1 is 1.25 bits per heavy atom. The first-order chi connectivity index (χ1) is 13.4. The van der Waals surface area contributed by atoms with Gasteiger partial charge in [-0.05, 0) is 30.4 Å². The highest BCUT2D eigenvalue weighted by molar-refractivity contribution is 5.93. The maximum absolute atomic E-state index is 13.6. The van der Waals surface area contributed by atoms with Gasteiger partial charge in [-0.3, -0.25) is 14.4 Å². The number of ether oxygens (including phenoxy) is 1. The summed E-state index contributed by atoms with van der Waals surface area (Å²) in [6.45, 7) is 4.21. The molecule has 6 nitrogen and oxygen atoms in total. The van der Waals surface area contributed by atoms with E-state index in [2.05, 4.69) is 19.2 Å². The lowest BCUT2D eigenvalue weighted by Crippen LogP contribution is -2.45. The Hall–Kier alpha value is -2.44. The lowest BCUT2D eigenvalue weighted by molar-refractivity contribution is -0.151. The summed E-state index contributed by atoms with van der Waals surface area (Å²) in [5.41, 5.74) is 0.0335. The zero-order chi connectivity index (χ0) is 20.3. The number of esters is 1. The van der Waals surface area contributed by atoms with Gasteiger partial charge in [0.25, 0.3) is 5.91 Å². The smallest absolute Gasteiger partial charge is 0.311 e. The number of nitrogens with one attached hydrogen (secondary N) is 1. The van der Waals surface area contributed by atoms with Crippen LogP contribution in [0.4, 0.5) is 10.1 Å².